The van der Waals surface area contributed by atoms with E-state index in [-0.39, 0.29) is 62.9 Å². The Balaban J connectivity index is 0.00000484. The van der Waals surface area contributed by atoms with Crippen molar-refractivity contribution in [1.29, 1.82) is 0 Å². The van der Waals surface area contributed by atoms with E-state index in [0.717, 1.165) is 18.2 Å². The molecule has 0 aromatic heterocycles. The number of rotatable bonds is 5. The Morgan fingerprint density at radius 3 is 2.13 bits per heavy atom. The molecule has 0 radical (unpaired) electrons. The Hall–Kier alpha value is -0.294. The van der Waals surface area contributed by atoms with Crippen molar-refractivity contribution in [1.82, 2.24) is 0 Å². The number of carboxylic acids is 1. The van der Waals surface area contributed by atoms with Gasteiger partial charge >= 0.3 is 63.3 Å². The minimum atomic E-state index is -4.77. The molecule has 2 N–H and O–H groups in total. The molecular formula is C14H19KO7S. The Kier molecular flexibility index (Phi) is 8.09. The molecule has 0 heterocycles. The number of carboxylic acid groups (broad SMARTS) is 1. The van der Waals surface area contributed by atoms with Crippen LogP contribution in [0.1, 0.15) is 48.4 Å². The molecule has 7 nitrogen and oxygen atoms in total. The maximum atomic E-state index is 12.2. The molecule has 1 aromatic carbocycles. The van der Waals surface area contributed by atoms with Crippen molar-refractivity contribution in [2.45, 2.75) is 38.2 Å². The molecule has 0 aliphatic rings. The van der Waals surface area contributed by atoms with Gasteiger partial charge in [0.05, 0.1) is 11.1 Å². The van der Waals surface area contributed by atoms with Crippen molar-refractivity contribution in [2.75, 3.05) is 0 Å². The first-order chi connectivity index (χ1) is 9.86. The zero-order chi connectivity index (χ0) is 17.3. The molecule has 1 rings (SSSR count). The average molecular weight is 370 g/mol. The number of ether oxygens (including phenoxy) is 1. The monoisotopic (exact) mass is 370 g/mol. The molecule has 0 saturated heterocycles. The van der Waals surface area contributed by atoms with Gasteiger partial charge in [0, 0.05) is 0 Å². The molecule has 9 heteroatoms. The van der Waals surface area contributed by atoms with Crippen LogP contribution in [-0.4, -0.2) is 87.0 Å². The fourth-order valence-corrected chi connectivity index (χ4v) is 2.15. The second-order valence-electron chi connectivity index (χ2n) is 5.64. The van der Waals surface area contributed by atoms with Crippen LogP contribution in [0.25, 0.3) is 0 Å². The second-order valence-corrected chi connectivity index (χ2v) is 7.03. The van der Waals surface area contributed by atoms with E-state index in [9.17, 15) is 22.6 Å². The van der Waals surface area contributed by atoms with Gasteiger partial charge in [0.1, 0.15) is 10.5 Å². The van der Waals surface area contributed by atoms with Crippen LogP contribution < -0.4 is 0 Å². The topological polar surface area (TPSA) is 118 Å². The summed E-state index contributed by atoms with van der Waals surface area (Å²) in [5, 5.41) is 8.87. The molecule has 0 aliphatic carbocycles. The molecule has 0 spiro atoms. The van der Waals surface area contributed by atoms with Crippen LogP contribution in [0.2, 0.25) is 0 Å². The van der Waals surface area contributed by atoms with Crippen LogP contribution in [0.5, 0.6) is 0 Å². The van der Waals surface area contributed by atoms with Gasteiger partial charge in [-0.2, -0.15) is 8.42 Å². The summed E-state index contributed by atoms with van der Waals surface area (Å²) >= 11 is 0. The van der Waals surface area contributed by atoms with E-state index in [0.29, 0.717) is 0 Å². The zero-order valence-electron chi connectivity index (χ0n) is 12.7. The van der Waals surface area contributed by atoms with Crippen molar-refractivity contribution >= 4 is 73.4 Å². The van der Waals surface area contributed by atoms with Crippen molar-refractivity contribution in [2.24, 2.45) is 5.92 Å². The summed E-state index contributed by atoms with van der Waals surface area (Å²) in [5.41, 5.74) is -1.65. The summed E-state index contributed by atoms with van der Waals surface area (Å²) in [6, 6.07) is 2.79. The van der Waals surface area contributed by atoms with Gasteiger partial charge < -0.3 is 9.84 Å². The third kappa shape index (κ3) is 5.93. The van der Waals surface area contributed by atoms with Gasteiger partial charge in [0.2, 0.25) is 0 Å². The molecule has 0 aliphatic heterocycles. The normalized spacial score (nSPS) is 11.7. The molecule has 1 aromatic rings. The Morgan fingerprint density at radius 2 is 1.74 bits per heavy atom. The van der Waals surface area contributed by atoms with E-state index in [1.54, 1.807) is 13.8 Å². The van der Waals surface area contributed by atoms with Crippen molar-refractivity contribution in [3.8, 4) is 0 Å². The molecule has 0 bridgehead atoms. The minimum absolute atomic E-state index is 0. The first-order valence-corrected chi connectivity index (χ1v) is 7.88. The van der Waals surface area contributed by atoms with Gasteiger partial charge in [-0.3, -0.25) is 4.55 Å². The number of hydrogen-bond donors (Lipinski definition) is 2. The number of esters is 1. The fourth-order valence-electron chi connectivity index (χ4n) is 1.45. The van der Waals surface area contributed by atoms with Crippen LogP contribution in [0.15, 0.2) is 23.1 Å². The zero-order valence-corrected chi connectivity index (χ0v) is 13.5. The molecule has 0 atom stereocenters. The van der Waals surface area contributed by atoms with E-state index in [2.05, 4.69) is 0 Å². The van der Waals surface area contributed by atoms with Gasteiger partial charge in [-0.15, -0.1) is 0 Å². The number of benzene rings is 1. The van der Waals surface area contributed by atoms with Gasteiger partial charge in [0.25, 0.3) is 10.1 Å². The third-order valence-corrected chi connectivity index (χ3v) is 4.37. The molecular weight excluding hydrogens is 351 g/mol. The van der Waals surface area contributed by atoms with E-state index in [1.807, 2.05) is 13.8 Å². The van der Waals surface area contributed by atoms with E-state index in [1.165, 1.54) is 0 Å². The third-order valence-electron chi connectivity index (χ3n) is 3.47. The summed E-state index contributed by atoms with van der Waals surface area (Å²) in [7, 11) is -4.77. The number of hydrogen-bond acceptors (Lipinski definition) is 5. The standard InChI is InChI=1S/C14H18O7S.K.H/c1-8(2)14(3,4)21-13(17)10-6-5-9(12(15)16)7-11(10)22(18,19)20;;/h5-8H,1-4H3,(H,15,16)(H,18,19,20);;. The molecule has 0 fully saturated rings. The predicted octanol–water partition coefficient (Wildman–Crippen LogP) is 1.57. The SMILES string of the molecule is CC(C)C(C)(C)OC(=O)c1ccc(C(=O)O)cc1S(=O)(=O)O.[KH]. The number of carbonyl (C=O) groups excluding carboxylic acids is 1. The molecule has 124 valence electrons. The molecule has 23 heavy (non-hydrogen) atoms. The van der Waals surface area contributed by atoms with Crippen LogP contribution in [0, 0.1) is 5.92 Å². The predicted molar refractivity (Wildman–Crippen MR) is 84.7 cm³/mol. The summed E-state index contributed by atoms with van der Waals surface area (Å²) in [4.78, 5) is 22.3. The van der Waals surface area contributed by atoms with Gasteiger partial charge in [0.15, 0.2) is 0 Å². The first kappa shape index (κ1) is 22.7. The van der Waals surface area contributed by atoms with Gasteiger partial charge in [-0.25, -0.2) is 9.59 Å². The maximum absolute atomic E-state index is 12.2. The van der Waals surface area contributed by atoms with Gasteiger partial charge in [-0.05, 0) is 38.0 Å². The molecule has 0 saturated carbocycles. The Labute approximate surface area is 177 Å². The van der Waals surface area contributed by atoms with Crippen molar-refractivity contribution in [3.63, 3.8) is 0 Å². The van der Waals surface area contributed by atoms with E-state index in [4.69, 9.17) is 9.84 Å². The van der Waals surface area contributed by atoms with Crippen LogP contribution in [0.4, 0.5) is 0 Å². The van der Waals surface area contributed by atoms with Crippen LogP contribution >= 0.6 is 0 Å². The van der Waals surface area contributed by atoms with E-state index >= 15 is 0 Å². The first-order valence-electron chi connectivity index (χ1n) is 6.44. The van der Waals surface area contributed by atoms with E-state index < -0.39 is 38.1 Å². The molecule has 0 unspecified atom stereocenters. The number of carbonyl (C=O) groups is 2. The summed E-state index contributed by atoms with van der Waals surface area (Å²) < 4.78 is 37.2. The fraction of sp³-hybridized carbons (Fsp3) is 0.429. The summed E-state index contributed by atoms with van der Waals surface area (Å²) in [6.07, 6.45) is 0. The quantitative estimate of drug-likeness (QED) is 0.459. The van der Waals surface area contributed by atoms with Crippen molar-refractivity contribution < 1.29 is 32.4 Å². The van der Waals surface area contributed by atoms with Crippen LogP contribution in [0.3, 0.4) is 0 Å². The summed E-state index contributed by atoms with van der Waals surface area (Å²) in [6.45, 7) is 6.97. The van der Waals surface area contributed by atoms with Gasteiger partial charge in [-0.1, -0.05) is 13.8 Å². The average Bonchev–Trinajstić information content (AvgIpc) is 2.36. The Bertz CT molecular complexity index is 708. The summed E-state index contributed by atoms with van der Waals surface area (Å²) in [5.74, 6) is -2.38. The van der Waals surface area contributed by atoms with Crippen LogP contribution in [-0.2, 0) is 14.9 Å². The Morgan fingerprint density at radius 1 is 1.22 bits per heavy atom. The second kappa shape index (κ2) is 8.19. The number of aromatic carboxylic acids is 1. The van der Waals surface area contributed by atoms with Crippen molar-refractivity contribution in [3.05, 3.63) is 29.3 Å². The molecule has 0 amide bonds.